The highest BCUT2D eigenvalue weighted by atomic mass is 16.5. The number of amides is 3. The molecule has 1 aliphatic rings. The number of aryl methyl sites for hydroxylation is 1. The molecule has 0 spiro atoms. The summed E-state index contributed by atoms with van der Waals surface area (Å²) in [6.07, 6.45) is 0.544. The van der Waals surface area contributed by atoms with Gasteiger partial charge in [0.1, 0.15) is 0 Å². The number of rotatable bonds is 7. The minimum absolute atomic E-state index is 0.177. The average Bonchev–Trinajstić information content (AvgIpc) is 3.05. The van der Waals surface area contributed by atoms with Crippen molar-refractivity contribution in [2.75, 3.05) is 5.32 Å². The number of anilines is 1. The molecule has 0 aliphatic carbocycles. The summed E-state index contributed by atoms with van der Waals surface area (Å²) in [5.41, 5.74) is 2.94. The van der Waals surface area contributed by atoms with E-state index in [4.69, 9.17) is 4.74 Å². The van der Waals surface area contributed by atoms with Crippen LogP contribution in [0.3, 0.4) is 0 Å². The van der Waals surface area contributed by atoms with Crippen LogP contribution in [-0.2, 0) is 32.0 Å². The van der Waals surface area contributed by atoms with Crippen molar-refractivity contribution in [2.24, 2.45) is 5.92 Å². The molecule has 1 fully saturated rings. The first-order valence-corrected chi connectivity index (χ1v) is 9.89. The molecular weight excluding hydrogens is 384 g/mol. The largest absolute Gasteiger partial charge is 0.449 e. The molecule has 2 unspecified atom stereocenters. The van der Waals surface area contributed by atoms with Gasteiger partial charge in [0.25, 0.3) is 5.91 Å². The molecule has 0 aromatic heterocycles. The Morgan fingerprint density at radius 1 is 1.07 bits per heavy atom. The average molecular weight is 408 g/mol. The molecule has 1 aliphatic heterocycles. The van der Waals surface area contributed by atoms with Crippen LogP contribution in [0.15, 0.2) is 48.5 Å². The predicted octanol–water partition coefficient (Wildman–Crippen LogP) is 2.64. The normalized spacial score (nSPS) is 16.7. The minimum Gasteiger partial charge on any atom is -0.449 e. The molecule has 0 radical (unpaired) electrons. The maximum Gasteiger partial charge on any atom is 0.338 e. The Morgan fingerprint density at radius 2 is 1.70 bits per heavy atom. The third-order valence-corrected chi connectivity index (χ3v) is 5.02. The Morgan fingerprint density at radius 3 is 2.27 bits per heavy atom. The zero-order valence-corrected chi connectivity index (χ0v) is 16.9. The zero-order valence-electron chi connectivity index (χ0n) is 16.9. The van der Waals surface area contributed by atoms with Crippen molar-refractivity contribution in [2.45, 2.75) is 39.2 Å². The lowest BCUT2D eigenvalue weighted by atomic mass is 9.97. The molecule has 2 atom stereocenters. The summed E-state index contributed by atoms with van der Waals surface area (Å²) in [6, 6.07) is 14.1. The lowest BCUT2D eigenvalue weighted by Crippen LogP contribution is -2.30. The van der Waals surface area contributed by atoms with Crippen LogP contribution in [-0.4, -0.2) is 29.8 Å². The van der Waals surface area contributed by atoms with E-state index >= 15 is 0 Å². The van der Waals surface area contributed by atoms with E-state index in [2.05, 4.69) is 10.6 Å². The standard InChI is InChI=1S/C23H24N2O5/c1-3-15-6-10-19(11-7-15)24-21(27)14(2)30-23(29)17-8-4-16(5-9-17)12-18-13-20(26)25-22(18)28/h4-11,14,18H,3,12-13H2,1-2H3,(H,24,27)(H,25,26,28). The van der Waals surface area contributed by atoms with Gasteiger partial charge in [0.2, 0.25) is 11.8 Å². The van der Waals surface area contributed by atoms with Crippen LogP contribution < -0.4 is 10.6 Å². The van der Waals surface area contributed by atoms with E-state index in [-0.39, 0.29) is 24.2 Å². The van der Waals surface area contributed by atoms with Crippen LogP contribution in [0, 0.1) is 5.92 Å². The van der Waals surface area contributed by atoms with Crippen LogP contribution in [0.25, 0.3) is 0 Å². The Labute approximate surface area is 174 Å². The summed E-state index contributed by atoms with van der Waals surface area (Å²) < 4.78 is 5.26. The molecular formula is C23H24N2O5. The highest BCUT2D eigenvalue weighted by molar-refractivity contribution is 6.03. The van der Waals surface area contributed by atoms with E-state index in [0.29, 0.717) is 17.7 Å². The lowest BCUT2D eigenvalue weighted by Gasteiger charge is -2.14. The van der Waals surface area contributed by atoms with Crippen molar-refractivity contribution in [1.29, 1.82) is 0 Å². The van der Waals surface area contributed by atoms with Crippen LogP contribution in [0.2, 0.25) is 0 Å². The SMILES string of the molecule is CCc1ccc(NC(=O)C(C)OC(=O)c2ccc(CC3CC(=O)NC3=O)cc2)cc1. The molecule has 7 heteroatoms. The lowest BCUT2D eigenvalue weighted by molar-refractivity contribution is -0.126. The summed E-state index contributed by atoms with van der Waals surface area (Å²) >= 11 is 0. The van der Waals surface area contributed by atoms with Gasteiger partial charge >= 0.3 is 5.97 Å². The summed E-state index contributed by atoms with van der Waals surface area (Å²) in [7, 11) is 0. The number of hydrogen-bond acceptors (Lipinski definition) is 5. The first kappa shape index (κ1) is 21.2. The number of esters is 1. The van der Waals surface area contributed by atoms with Gasteiger partial charge in [-0.3, -0.25) is 19.7 Å². The molecule has 30 heavy (non-hydrogen) atoms. The van der Waals surface area contributed by atoms with Crippen molar-refractivity contribution in [3.8, 4) is 0 Å². The molecule has 3 amide bonds. The second kappa shape index (κ2) is 9.35. The Kier molecular flexibility index (Phi) is 6.61. The van der Waals surface area contributed by atoms with E-state index < -0.39 is 18.0 Å². The third-order valence-electron chi connectivity index (χ3n) is 5.02. The highest BCUT2D eigenvalue weighted by Gasteiger charge is 2.30. The first-order valence-electron chi connectivity index (χ1n) is 9.89. The molecule has 1 heterocycles. The molecule has 7 nitrogen and oxygen atoms in total. The molecule has 2 N–H and O–H groups in total. The number of hydrogen-bond donors (Lipinski definition) is 2. The number of nitrogens with one attached hydrogen (secondary N) is 2. The minimum atomic E-state index is -0.962. The van der Waals surface area contributed by atoms with Gasteiger partial charge < -0.3 is 10.1 Å². The van der Waals surface area contributed by atoms with Gasteiger partial charge in [-0.05, 0) is 55.2 Å². The maximum atomic E-state index is 12.3. The third kappa shape index (κ3) is 5.31. The molecule has 2 aromatic carbocycles. The van der Waals surface area contributed by atoms with E-state index in [1.54, 1.807) is 24.3 Å². The topological polar surface area (TPSA) is 102 Å². The van der Waals surface area contributed by atoms with E-state index in [9.17, 15) is 19.2 Å². The number of carbonyl (C=O) groups excluding carboxylic acids is 4. The summed E-state index contributed by atoms with van der Waals surface area (Å²) in [4.78, 5) is 47.6. The molecule has 156 valence electrons. The second-order valence-electron chi connectivity index (χ2n) is 7.30. The van der Waals surface area contributed by atoms with E-state index in [1.165, 1.54) is 6.92 Å². The smallest absolute Gasteiger partial charge is 0.338 e. The Bertz CT molecular complexity index is 951. The summed E-state index contributed by atoms with van der Waals surface area (Å²) in [6.45, 7) is 3.56. The van der Waals surface area contributed by atoms with Gasteiger partial charge in [-0.15, -0.1) is 0 Å². The molecule has 0 bridgehead atoms. The van der Waals surface area contributed by atoms with E-state index in [0.717, 1.165) is 17.5 Å². The van der Waals surface area contributed by atoms with Crippen LogP contribution in [0.1, 0.15) is 41.8 Å². The quantitative estimate of drug-likeness (QED) is 0.542. The molecule has 1 saturated heterocycles. The Hall–Kier alpha value is -3.48. The first-order chi connectivity index (χ1) is 14.4. The van der Waals surface area contributed by atoms with Gasteiger partial charge in [0, 0.05) is 12.1 Å². The van der Waals surface area contributed by atoms with Gasteiger partial charge in [-0.2, -0.15) is 0 Å². The van der Waals surface area contributed by atoms with Crippen LogP contribution in [0.5, 0.6) is 0 Å². The van der Waals surface area contributed by atoms with Gasteiger partial charge in [0.15, 0.2) is 6.10 Å². The van der Waals surface area contributed by atoms with Gasteiger partial charge in [-0.1, -0.05) is 31.2 Å². The maximum absolute atomic E-state index is 12.3. The molecule has 3 rings (SSSR count). The second-order valence-corrected chi connectivity index (χ2v) is 7.30. The van der Waals surface area contributed by atoms with Crippen molar-refractivity contribution in [3.63, 3.8) is 0 Å². The van der Waals surface area contributed by atoms with Gasteiger partial charge in [-0.25, -0.2) is 4.79 Å². The summed E-state index contributed by atoms with van der Waals surface area (Å²) in [5, 5.41) is 5.01. The highest BCUT2D eigenvalue weighted by Crippen LogP contribution is 2.18. The van der Waals surface area contributed by atoms with Crippen LogP contribution in [0.4, 0.5) is 5.69 Å². The number of ether oxygens (including phenoxy) is 1. The predicted molar refractivity (Wildman–Crippen MR) is 111 cm³/mol. The Balaban J connectivity index is 1.53. The van der Waals surface area contributed by atoms with E-state index in [1.807, 2.05) is 31.2 Å². The summed E-state index contributed by atoms with van der Waals surface area (Å²) in [5.74, 6) is -1.95. The fraction of sp³-hybridized carbons (Fsp3) is 0.304. The van der Waals surface area contributed by atoms with Gasteiger partial charge in [0.05, 0.1) is 11.5 Å². The monoisotopic (exact) mass is 408 g/mol. The van der Waals surface area contributed by atoms with Crippen molar-refractivity contribution >= 4 is 29.4 Å². The number of carbonyl (C=O) groups is 4. The van der Waals surface area contributed by atoms with Crippen molar-refractivity contribution in [3.05, 3.63) is 65.2 Å². The number of imide groups is 1. The van der Waals surface area contributed by atoms with Crippen LogP contribution >= 0.6 is 0 Å². The molecule has 0 saturated carbocycles. The fourth-order valence-corrected chi connectivity index (χ4v) is 3.18. The van der Waals surface area contributed by atoms with Crippen molar-refractivity contribution < 1.29 is 23.9 Å². The number of benzene rings is 2. The van der Waals surface area contributed by atoms with Crippen molar-refractivity contribution in [1.82, 2.24) is 5.32 Å². The zero-order chi connectivity index (χ0) is 21.7. The fourth-order valence-electron chi connectivity index (χ4n) is 3.18. The molecule has 2 aromatic rings.